The maximum Gasteiger partial charge on any atom is 0.238 e. The van der Waals surface area contributed by atoms with E-state index in [4.69, 9.17) is 11.6 Å². The number of phenols is 1. The Morgan fingerprint density at radius 1 is 0.780 bits per heavy atom. The highest BCUT2D eigenvalue weighted by Crippen LogP contribution is 2.64. The maximum atomic E-state index is 15.2. The first-order valence-electron chi connectivity index (χ1n) is 17.1. The number of hydrogen-bond donors (Lipinski definition) is 1. The summed E-state index contributed by atoms with van der Waals surface area (Å²) >= 11 is 6.47. The predicted octanol–water partition coefficient (Wildman–Crippen LogP) is 8.00. The van der Waals surface area contributed by atoms with E-state index in [-0.39, 0.29) is 35.6 Å². The molecular formula is C43H36ClNO5. The molecule has 0 bridgehead atoms. The van der Waals surface area contributed by atoms with Crippen LogP contribution < -0.4 is 4.90 Å². The lowest BCUT2D eigenvalue weighted by Crippen LogP contribution is -2.58. The lowest BCUT2D eigenvalue weighted by Gasteiger charge is -2.55. The summed E-state index contributed by atoms with van der Waals surface area (Å²) in [6.45, 7) is 5.52. The lowest BCUT2D eigenvalue weighted by atomic mass is 9.44. The van der Waals surface area contributed by atoms with Crippen LogP contribution in [-0.2, 0) is 24.6 Å². The van der Waals surface area contributed by atoms with Crippen LogP contribution in [0.15, 0.2) is 109 Å². The number of hydrogen-bond acceptors (Lipinski definition) is 5. The average Bonchev–Trinajstić information content (AvgIpc) is 3.38. The second-order valence-electron chi connectivity index (χ2n) is 14.2. The number of benzene rings is 4. The second kappa shape index (κ2) is 11.8. The molecule has 0 aromatic heterocycles. The molecule has 0 radical (unpaired) electrons. The number of ketones is 2. The minimum Gasteiger partial charge on any atom is -0.507 e. The highest BCUT2D eigenvalue weighted by Gasteiger charge is 2.66. The van der Waals surface area contributed by atoms with Gasteiger partial charge in [-0.2, -0.15) is 0 Å². The molecule has 250 valence electrons. The van der Waals surface area contributed by atoms with Crippen LogP contribution in [0.3, 0.4) is 0 Å². The van der Waals surface area contributed by atoms with Crippen molar-refractivity contribution < 1.29 is 24.3 Å². The lowest BCUT2D eigenvalue weighted by molar-refractivity contribution is -0.135. The molecule has 0 spiro atoms. The summed E-state index contributed by atoms with van der Waals surface area (Å²) in [6.07, 6.45) is 4.13. The topological polar surface area (TPSA) is 91.8 Å². The van der Waals surface area contributed by atoms with Crippen LogP contribution in [0.1, 0.15) is 52.1 Å². The summed E-state index contributed by atoms with van der Waals surface area (Å²) in [5.41, 5.74) is 4.68. The van der Waals surface area contributed by atoms with Crippen LogP contribution >= 0.6 is 11.6 Å². The van der Waals surface area contributed by atoms with E-state index in [1.807, 2.05) is 93.6 Å². The number of aryl methyl sites for hydroxylation is 3. The molecule has 0 unspecified atom stereocenters. The number of Topliss-reactive ketones (excluding diaryl/α,β-unsaturated/α-hetero) is 1. The molecule has 1 saturated carbocycles. The number of amides is 2. The van der Waals surface area contributed by atoms with Crippen LogP contribution in [0, 0.1) is 44.4 Å². The van der Waals surface area contributed by atoms with Crippen molar-refractivity contribution in [2.45, 2.75) is 44.9 Å². The number of imide groups is 1. The number of carbonyl (C=O) groups is 4. The van der Waals surface area contributed by atoms with E-state index in [0.717, 1.165) is 22.3 Å². The quantitative estimate of drug-likeness (QED) is 0.174. The second-order valence-corrected chi connectivity index (χ2v) is 14.6. The predicted molar refractivity (Wildman–Crippen MR) is 193 cm³/mol. The summed E-state index contributed by atoms with van der Waals surface area (Å²) in [7, 11) is 0. The third-order valence-electron chi connectivity index (χ3n) is 11.6. The number of phenolic OH excluding ortho intramolecular Hbond substituents is 1. The zero-order valence-electron chi connectivity index (χ0n) is 28.0. The molecule has 1 heterocycles. The van der Waals surface area contributed by atoms with Gasteiger partial charge in [0.1, 0.15) is 5.75 Å². The van der Waals surface area contributed by atoms with Gasteiger partial charge in [0, 0.05) is 22.4 Å². The molecule has 2 fully saturated rings. The highest BCUT2D eigenvalue weighted by molar-refractivity contribution is 6.33. The van der Waals surface area contributed by atoms with Gasteiger partial charge in [0.25, 0.3) is 0 Å². The fraction of sp³-hybridized carbons (Fsp3) is 0.256. The van der Waals surface area contributed by atoms with E-state index in [0.29, 0.717) is 39.4 Å². The van der Waals surface area contributed by atoms with Crippen molar-refractivity contribution in [2.24, 2.45) is 23.7 Å². The zero-order chi connectivity index (χ0) is 35.1. The molecule has 2 amide bonds. The smallest absolute Gasteiger partial charge is 0.238 e. The summed E-state index contributed by atoms with van der Waals surface area (Å²) in [5.74, 6) is -4.02. The molecule has 1 aliphatic heterocycles. The largest absolute Gasteiger partial charge is 0.507 e. The molecule has 6 nitrogen and oxygen atoms in total. The van der Waals surface area contributed by atoms with Gasteiger partial charge >= 0.3 is 0 Å². The minimum absolute atomic E-state index is 0.156. The van der Waals surface area contributed by atoms with Crippen molar-refractivity contribution in [3.8, 4) is 5.75 Å². The minimum atomic E-state index is -1.32. The zero-order valence-corrected chi connectivity index (χ0v) is 28.8. The molecule has 7 heteroatoms. The summed E-state index contributed by atoms with van der Waals surface area (Å²) < 4.78 is 0. The van der Waals surface area contributed by atoms with Crippen LogP contribution in [0.2, 0.25) is 5.02 Å². The fourth-order valence-corrected chi connectivity index (χ4v) is 9.56. The third-order valence-corrected chi connectivity index (χ3v) is 12.0. The molecule has 4 aromatic rings. The van der Waals surface area contributed by atoms with Crippen LogP contribution in [0.5, 0.6) is 5.75 Å². The average molecular weight is 682 g/mol. The molecule has 8 rings (SSSR count). The molecular weight excluding hydrogens is 646 g/mol. The molecule has 4 aliphatic rings. The molecule has 4 aromatic carbocycles. The van der Waals surface area contributed by atoms with E-state index in [1.165, 1.54) is 11.0 Å². The Morgan fingerprint density at radius 3 is 2.10 bits per heavy atom. The molecule has 3 aliphatic carbocycles. The van der Waals surface area contributed by atoms with Crippen molar-refractivity contribution in [2.75, 3.05) is 4.90 Å². The van der Waals surface area contributed by atoms with Gasteiger partial charge in [-0.15, -0.1) is 0 Å². The van der Waals surface area contributed by atoms with E-state index >= 15 is 9.59 Å². The molecule has 50 heavy (non-hydrogen) atoms. The first-order chi connectivity index (χ1) is 24.0. The normalized spacial score (nSPS) is 27.4. The Bertz CT molecular complexity index is 2160. The van der Waals surface area contributed by atoms with Crippen molar-refractivity contribution in [3.63, 3.8) is 0 Å². The van der Waals surface area contributed by atoms with Crippen LogP contribution in [0.25, 0.3) is 5.57 Å². The monoisotopic (exact) mass is 681 g/mol. The summed E-state index contributed by atoms with van der Waals surface area (Å²) in [4.78, 5) is 60.2. The fourth-order valence-electron chi connectivity index (χ4n) is 9.38. The van der Waals surface area contributed by atoms with E-state index in [1.54, 1.807) is 18.2 Å². The molecule has 1 saturated heterocycles. The highest BCUT2D eigenvalue weighted by atomic mass is 35.5. The molecule has 1 N–H and O–H groups in total. The Balaban J connectivity index is 1.37. The first kappa shape index (κ1) is 32.2. The Kier molecular flexibility index (Phi) is 7.57. The van der Waals surface area contributed by atoms with Gasteiger partial charge in [0.15, 0.2) is 11.6 Å². The number of rotatable bonds is 4. The van der Waals surface area contributed by atoms with Gasteiger partial charge in [-0.1, -0.05) is 102 Å². The van der Waals surface area contributed by atoms with Gasteiger partial charge in [-0.25, -0.2) is 4.90 Å². The van der Waals surface area contributed by atoms with Crippen molar-refractivity contribution >= 4 is 46.2 Å². The number of anilines is 1. The van der Waals surface area contributed by atoms with Gasteiger partial charge in [-0.05, 0) is 91.1 Å². The number of aromatic hydroxyl groups is 1. The van der Waals surface area contributed by atoms with Crippen molar-refractivity contribution in [3.05, 3.63) is 147 Å². The van der Waals surface area contributed by atoms with Gasteiger partial charge in [0.2, 0.25) is 11.8 Å². The number of allylic oxidation sites excluding steroid dienone is 4. The standard InChI is InChI=1S/C43H36ClNO5/c1-23-14-15-29(20-35(23)44)45-41(49)31-17-16-30-33(37(31)42(45)50)21-34-40(48)32(26-10-6-4-7-11-26)22-36(46)43(34,28-12-8-5-9-13-28)38(30)27-18-24(2)39(47)25(3)19-27/h4-16,18-20,22,31,33-34,37-38,47H,17,21H2,1-3H3/t31-,33+,34-,37-,38-,43-/m0/s1. The van der Waals surface area contributed by atoms with Gasteiger partial charge in [-0.3, -0.25) is 19.2 Å². The summed E-state index contributed by atoms with van der Waals surface area (Å²) in [6, 6.07) is 27.8. The first-order valence-corrected chi connectivity index (χ1v) is 17.5. The molecule has 6 atom stereocenters. The van der Waals surface area contributed by atoms with E-state index in [2.05, 4.69) is 6.08 Å². The third kappa shape index (κ3) is 4.54. The number of halogens is 1. The van der Waals surface area contributed by atoms with Crippen molar-refractivity contribution in [1.29, 1.82) is 0 Å². The van der Waals surface area contributed by atoms with Crippen LogP contribution in [0.4, 0.5) is 5.69 Å². The number of carbonyl (C=O) groups excluding carboxylic acids is 4. The van der Waals surface area contributed by atoms with E-state index < -0.39 is 35.0 Å². The Labute approximate surface area is 296 Å². The van der Waals surface area contributed by atoms with E-state index in [9.17, 15) is 14.7 Å². The number of nitrogens with zero attached hydrogens (tertiary/aromatic N) is 1. The summed E-state index contributed by atoms with van der Waals surface area (Å²) in [5, 5.41) is 11.3. The number of fused-ring (bicyclic) bond motifs is 4. The van der Waals surface area contributed by atoms with Crippen LogP contribution in [-0.4, -0.2) is 28.5 Å². The maximum absolute atomic E-state index is 15.2. The van der Waals surface area contributed by atoms with Crippen molar-refractivity contribution in [1.82, 2.24) is 0 Å². The Morgan fingerprint density at radius 2 is 1.44 bits per heavy atom. The SMILES string of the molecule is Cc1ccc(N2C(=O)[C@H]3[C@H](CC=C4[C@H]3C[C@H]3C(=O)C(c5ccccc5)=CC(=O)[C@@]3(c3ccccc3)[C@H]4c3cc(C)c(O)c(C)c3)C2=O)cc1Cl. The Hall–Kier alpha value is -5.07. The van der Waals surface area contributed by atoms with Gasteiger partial charge < -0.3 is 5.11 Å². The van der Waals surface area contributed by atoms with Gasteiger partial charge in [0.05, 0.1) is 22.9 Å².